The lowest BCUT2D eigenvalue weighted by molar-refractivity contribution is -0.00177. The lowest BCUT2D eigenvalue weighted by Gasteiger charge is -2.23. The molecular formula is C23H24FN7O2. The molecule has 0 radical (unpaired) electrons. The van der Waals surface area contributed by atoms with Gasteiger partial charge in [0.2, 0.25) is 0 Å². The van der Waals surface area contributed by atoms with Crippen molar-refractivity contribution in [1.82, 2.24) is 19.9 Å². The first kappa shape index (κ1) is 23.6. The number of carbonyl (C=O) groups excluding carboxylic acids is 1. The highest BCUT2D eigenvalue weighted by Gasteiger charge is 2.27. The smallest absolute Gasteiger partial charge is 0.255 e. The van der Waals surface area contributed by atoms with E-state index >= 15 is 0 Å². The number of nitrogens with one attached hydrogen (secondary N) is 2. The van der Waals surface area contributed by atoms with Crippen LogP contribution in [0.5, 0.6) is 0 Å². The molecule has 0 aliphatic rings. The van der Waals surface area contributed by atoms with Gasteiger partial charge in [-0.25, -0.2) is 8.91 Å². The number of pyridine rings is 1. The van der Waals surface area contributed by atoms with E-state index in [1.165, 1.54) is 26.2 Å². The summed E-state index contributed by atoms with van der Waals surface area (Å²) in [5.74, 6) is -0.590. The molecule has 3 heterocycles. The molecule has 3 N–H and O–H groups in total. The summed E-state index contributed by atoms with van der Waals surface area (Å²) >= 11 is 0. The van der Waals surface area contributed by atoms with Gasteiger partial charge in [-0.15, -0.1) is 0 Å². The van der Waals surface area contributed by atoms with Crippen LogP contribution < -0.4 is 10.6 Å². The van der Waals surface area contributed by atoms with Gasteiger partial charge in [-0.2, -0.15) is 15.6 Å². The predicted octanol–water partition coefficient (Wildman–Crippen LogP) is 2.82. The number of fused-ring (bicyclic) bond motifs is 1. The molecule has 3 aromatic heterocycles. The average Bonchev–Trinajstić information content (AvgIpc) is 3.23. The number of halogens is 1. The van der Waals surface area contributed by atoms with Crippen LogP contribution in [0.4, 0.5) is 10.1 Å². The maximum atomic E-state index is 14.1. The van der Waals surface area contributed by atoms with Crippen LogP contribution in [-0.4, -0.2) is 50.0 Å². The van der Waals surface area contributed by atoms with Crippen LogP contribution in [0.3, 0.4) is 0 Å². The highest BCUT2D eigenvalue weighted by atomic mass is 19.1. The van der Waals surface area contributed by atoms with Crippen LogP contribution in [0.25, 0.3) is 16.9 Å². The van der Waals surface area contributed by atoms with Gasteiger partial charge < -0.3 is 15.7 Å². The number of aromatic nitrogens is 3. The Labute approximate surface area is 190 Å². The zero-order valence-corrected chi connectivity index (χ0v) is 18.5. The molecule has 0 aromatic carbocycles. The molecule has 0 aliphatic carbocycles. The van der Waals surface area contributed by atoms with Gasteiger partial charge in [0.05, 0.1) is 58.1 Å². The molecule has 10 heteroatoms. The predicted molar refractivity (Wildman–Crippen MR) is 120 cm³/mol. The van der Waals surface area contributed by atoms with Crippen molar-refractivity contribution < 1.29 is 14.3 Å². The van der Waals surface area contributed by atoms with E-state index < -0.39 is 23.7 Å². The standard InChI is InChI=1S/C23H24FN7O2/c1-4-15(10-26)30-18-8-19(20-6-5-16-7-14(9-25)11-29-31(16)20)27-12-17(18)22(32)28-13-21(24)23(2,3)33/h5-8,11-12,15,21,33H,4,13H2,1-3H3,(H,27,30)(H,28,32)/t15-,21+/m0/s1. The minimum Gasteiger partial charge on any atom is -0.387 e. The number of hydrogen-bond donors (Lipinski definition) is 3. The second-order valence-electron chi connectivity index (χ2n) is 8.09. The summed E-state index contributed by atoms with van der Waals surface area (Å²) in [5.41, 5.74) is 1.13. The van der Waals surface area contributed by atoms with Crippen LogP contribution in [0, 0.1) is 22.7 Å². The second kappa shape index (κ2) is 9.63. The first-order valence-corrected chi connectivity index (χ1v) is 10.4. The molecule has 170 valence electrons. The Morgan fingerprint density at radius 2 is 2.06 bits per heavy atom. The summed E-state index contributed by atoms with van der Waals surface area (Å²) in [6.07, 6.45) is 1.62. The van der Waals surface area contributed by atoms with Crippen molar-refractivity contribution in [3.8, 4) is 23.5 Å². The van der Waals surface area contributed by atoms with E-state index in [1.807, 2.05) is 13.0 Å². The molecule has 0 fully saturated rings. The molecule has 3 aromatic rings. The fraction of sp³-hybridized carbons (Fsp3) is 0.348. The molecule has 2 atom stereocenters. The van der Waals surface area contributed by atoms with Crippen molar-refractivity contribution in [3.63, 3.8) is 0 Å². The number of aliphatic hydroxyl groups is 1. The Hall–Kier alpha value is -4.02. The fourth-order valence-corrected chi connectivity index (χ4v) is 3.09. The van der Waals surface area contributed by atoms with Gasteiger partial charge in [0, 0.05) is 6.20 Å². The summed E-state index contributed by atoms with van der Waals surface area (Å²) in [4.78, 5) is 17.1. The van der Waals surface area contributed by atoms with Gasteiger partial charge in [0.15, 0.2) is 0 Å². The molecule has 0 spiro atoms. The van der Waals surface area contributed by atoms with Gasteiger partial charge in [-0.3, -0.25) is 9.78 Å². The molecule has 0 bridgehead atoms. The first-order chi connectivity index (χ1) is 15.7. The normalized spacial score (nSPS) is 13.1. The first-order valence-electron chi connectivity index (χ1n) is 10.4. The van der Waals surface area contributed by atoms with Crippen molar-refractivity contribution in [2.45, 2.75) is 45.0 Å². The van der Waals surface area contributed by atoms with Crippen LogP contribution in [0.15, 0.2) is 36.7 Å². The van der Waals surface area contributed by atoms with E-state index in [2.05, 4.69) is 26.8 Å². The van der Waals surface area contributed by atoms with Crippen molar-refractivity contribution >= 4 is 17.1 Å². The van der Waals surface area contributed by atoms with E-state index in [4.69, 9.17) is 5.26 Å². The van der Waals surface area contributed by atoms with Crippen LogP contribution in [-0.2, 0) is 0 Å². The molecular weight excluding hydrogens is 425 g/mol. The summed E-state index contributed by atoms with van der Waals surface area (Å²) in [7, 11) is 0. The number of carbonyl (C=O) groups is 1. The Balaban J connectivity index is 1.98. The highest BCUT2D eigenvalue weighted by molar-refractivity contribution is 6.00. The van der Waals surface area contributed by atoms with Gasteiger partial charge in [-0.05, 0) is 44.5 Å². The average molecular weight is 449 g/mol. The van der Waals surface area contributed by atoms with Gasteiger partial charge in [-0.1, -0.05) is 6.92 Å². The largest absolute Gasteiger partial charge is 0.387 e. The van der Waals surface area contributed by atoms with Crippen molar-refractivity contribution in [2.75, 3.05) is 11.9 Å². The monoisotopic (exact) mass is 449 g/mol. The quantitative estimate of drug-likeness (QED) is 0.480. The van der Waals surface area contributed by atoms with Crippen molar-refractivity contribution in [3.05, 3.63) is 47.8 Å². The van der Waals surface area contributed by atoms with Gasteiger partial charge >= 0.3 is 0 Å². The number of anilines is 1. The van der Waals surface area contributed by atoms with E-state index in [1.54, 1.807) is 28.8 Å². The Morgan fingerprint density at radius 3 is 2.70 bits per heavy atom. The topological polar surface area (TPSA) is 139 Å². The molecule has 1 amide bonds. The molecule has 9 nitrogen and oxygen atoms in total. The number of nitriles is 2. The number of hydrogen-bond acceptors (Lipinski definition) is 7. The highest BCUT2D eigenvalue weighted by Crippen LogP contribution is 2.26. The molecule has 3 rings (SSSR count). The zero-order valence-electron chi connectivity index (χ0n) is 18.5. The van der Waals surface area contributed by atoms with Gasteiger partial charge in [0.25, 0.3) is 5.91 Å². The Bertz CT molecular complexity index is 1250. The van der Waals surface area contributed by atoms with E-state index in [0.717, 1.165) is 0 Å². The Kier molecular flexibility index (Phi) is 6.90. The lowest BCUT2D eigenvalue weighted by atomic mass is 10.0. The van der Waals surface area contributed by atoms with E-state index in [-0.39, 0.29) is 12.1 Å². The summed E-state index contributed by atoms with van der Waals surface area (Å²) in [6, 6.07) is 10.5. The maximum absolute atomic E-state index is 14.1. The lowest BCUT2D eigenvalue weighted by Crippen LogP contribution is -2.42. The van der Waals surface area contributed by atoms with E-state index in [0.29, 0.717) is 34.6 Å². The SMILES string of the molecule is CC[C@@H](C#N)Nc1cc(-c2ccc3cc(C#N)cnn23)ncc1C(=O)NC[C@@H](F)C(C)(C)O. The summed E-state index contributed by atoms with van der Waals surface area (Å²) in [5, 5.41) is 38.0. The third-order valence-electron chi connectivity index (χ3n) is 5.14. The van der Waals surface area contributed by atoms with Crippen LogP contribution in [0.1, 0.15) is 43.1 Å². The van der Waals surface area contributed by atoms with Crippen molar-refractivity contribution in [1.29, 1.82) is 10.5 Å². The molecule has 0 aliphatic heterocycles. The van der Waals surface area contributed by atoms with E-state index in [9.17, 15) is 19.6 Å². The fourth-order valence-electron chi connectivity index (χ4n) is 3.09. The molecule has 0 saturated carbocycles. The molecule has 0 saturated heterocycles. The second-order valence-corrected chi connectivity index (χ2v) is 8.09. The Morgan fingerprint density at radius 1 is 1.30 bits per heavy atom. The summed E-state index contributed by atoms with van der Waals surface area (Å²) < 4.78 is 15.7. The number of alkyl halides is 1. The number of nitrogens with zero attached hydrogens (tertiary/aromatic N) is 5. The summed E-state index contributed by atoms with van der Waals surface area (Å²) in [6.45, 7) is 4.09. The van der Waals surface area contributed by atoms with Crippen molar-refractivity contribution in [2.24, 2.45) is 0 Å². The minimum absolute atomic E-state index is 0.135. The number of amides is 1. The van der Waals surface area contributed by atoms with Crippen LogP contribution in [0.2, 0.25) is 0 Å². The minimum atomic E-state index is -1.66. The maximum Gasteiger partial charge on any atom is 0.255 e. The van der Waals surface area contributed by atoms with Crippen LogP contribution >= 0.6 is 0 Å². The number of rotatable bonds is 8. The van der Waals surface area contributed by atoms with Gasteiger partial charge in [0.1, 0.15) is 18.3 Å². The molecule has 0 unspecified atom stereocenters. The third-order valence-corrected chi connectivity index (χ3v) is 5.14. The zero-order chi connectivity index (χ0) is 24.2. The molecule has 33 heavy (non-hydrogen) atoms. The third kappa shape index (κ3) is 5.25.